The lowest BCUT2D eigenvalue weighted by atomic mass is 10.0. The van der Waals surface area contributed by atoms with Gasteiger partial charge in [-0.2, -0.15) is 0 Å². The van der Waals surface area contributed by atoms with Gasteiger partial charge in [-0.05, 0) is 29.8 Å². The van der Waals surface area contributed by atoms with Gasteiger partial charge >= 0.3 is 0 Å². The summed E-state index contributed by atoms with van der Waals surface area (Å²) in [6.45, 7) is 0. The zero-order valence-electron chi connectivity index (χ0n) is 11.4. The second-order valence-electron chi connectivity index (χ2n) is 4.34. The summed E-state index contributed by atoms with van der Waals surface area (Å²) in [7, 11) is 1.56. The zero-order valence-corrected chi connectivity index (χ0v) is 11.4. The standard InChI is InChI=1S/C15H14N2O4/c1-21-13-8-6-11(7-9-13)14(16-18)10-12-4-2-3-5-15(12)17(19)20/h2-9,18H,10H2,1H3/b16-14-. The van der Waals surface area contributed by atoms with Crippen molar-refractivity contribution < 1.29 is 14.9 Å². The summed E-state index contributed by atoms with van der Waals surface area (Å²) >= 11 is 0. The number of nitro groups is 1. The lowest BCUT2D eigenvalue weighted by Crippen LogP contribution is -2.07. The van der Waals surface area contributed by atoms with Crippen LogP contribution in [0, 0.1) is 10.1 Å². The van der Waals surface area contributed by atoms with Gasteiger partial charge in [-0.15, -0.1) is 0 Å². The van der Waals surface area contributed by atoms with E-state index in [0.29, 0.717) is 22.6 Å². The maximum Gasteiger partial charge on any atom is 0.272 e. The molecule has 0 unspecified atom stereocenters. The number of benzene rings is 2. The van der Waals surface area contributed by atoms with Crippen LogP contribution in [0.1, 0.15) is 11.1 Å². The van der Waals surface area contributed by atoms with E-state index in [1.165, 1.54) is 6.07 Å². The van der Waals surface area contributed by atoms with E-state index < -0.39 is 4.92 Å². The van der Waals surface area contributed by atoms with Crippen LogP contribution in [-0.2, 0) is 6.42 Å². The Balaban J connectivity index is 2.29. The van der Waals surface area contributed by atoms with E-state index in [1.54, 1.807) is 49.6 Å². The van der Waals surface area contributed by atoms with Gasteiger partial charge in [-0.25, -0.2) is 0 Å². The number of hydrogen-bond donors (Lipinski definition) is 1. The lowest BCUT2D eigenvalue weighted by molar-refractivity contribution is -0.385. The topological polar surface area (TPSA) is 85.0 Å². The molecule has 0 aliphatic carbocycles. The first-order valence-corrected chi connectivity index (χ1v) is 6.23. The monoisotopic (exact) mass is 286 g/mol. The summed E-state index contributed by atoms with van der Waals surface area (Å²) in [6, 6.07) is 13.3. The number of methoxy groups -OCH3 is 1. The Morgan fingerprint density at radius 2 is 1.90 bits per heavy atom. The Labute approximate surface area is 121 Å². The minimum absolute atomic E-state index is 0.00663. The van der Waals surface area contributed by atoms with E-state index in [1.807, 2.05) is 0 Å². The van der Waals surface area contributed by atoms with Crippen molar-refractivity contribution in [2.24, 2.45) is 5.16 Å². The smallest absolute Gasteiger partial charge is 0.272 e. The maximum absolute atomic E-state index is 11.0. The van der Waals surface area contributed by atoms with Crippen molar-refractivity contribution in [1.82, 2.24) is 0 Å². The predicted octanol–water partition coefficient (Wildman–Crippen LogP) is 3.02. The Morgan fingerprint density at radius 3 is 2.48 bits per heavy atom. The molecule has 0 fully saturated rings. The molecular weight excluding hydrogens is 272 g/mol. The molecule has 0 bridgehead atoms. The molecule has 0 saturated carbocycles. The molecule has 0 aliphatic rings. The maximum atomic E-state index is 11.0. The summed E-state index contributed by atoms with van der Waals surface area (Å²) in [4.78, 5) is 10.6. The fourth-order valence-electron chi connectivity index (χ4n) is 2.00. The van der Waals surface area contributed by atoms with E-state index in [0.717, 1.165) is 0 Å². The van der Waals surface area contributed by atoms with Gasteiger partial charge in [-0.1, -0.05) is 23.4 Å². The van der Waals surface area contributed by atoms with Crippen LogP contribution in [0.2, 0.25) is 0 Å². The van der Waals surface area contributed by atoms with Crippen LogP contribution in [0.25, 0.3) is 0 Å². The van der Waals surface area contributed by atoms with Gasteiger partial charge in [0, 0.05) is 18.1 Å². The largest absolute Gasteiger partial charge is 0.497 e. The number of nitro benzene ring substituents is 1. The Kier molecular flexibility index (Phi) is 4.50. The molecule has 0 radical (unpaired) electrons. The van der Waals surface area contributed by atoms with Gasteiger partial charge in [0.05, 0.1) is 17.7 Å². The van der Waals surface area contributed by atoms with Crippen molar-refractivity contribution in [3.63, 3.8) is 0 Å². The van der Waals surface area contributed by atoms with E-state index in [-0.39, 0.29) is 12.1 Å². The van der Waals surface area contributed by atoms with Crippen LogP contribution >= 0.6 is 0 Å². The average Bonchev–Trinajstić information content (AvgIpc) is 2.53. The van der Waals surface area contributed by atoms with E-state index in [4.69, 9.17) is 4.74 Å². The van der Waals surface area contributed by atoms with E-state index >= 15 is 0 Å². The Morgan fingerprint density at radius 1 is 1.24 bits per heavy atom. The highest BCUT2D eigenvalue weighted by molar-refractivity contribution is 6.02. The minimum Gasteiger partial charge on any atom is -0.497 e. The number of ether oxygens (including phenoxy) is 1. The van der Waals surface area contributed by atoms with Crippen molar-refractivity contribution in [3.8, 4) is 5.75 Å². The van der Waals surface area contributed by atoms with Crippen molar-refractivity contribution in [1.29, 1.82) is 0 Å². The van der Waals surface area contributed by atoms with Gasteiger partial charge in [0.1, 0.15) is 5.75 Å². The Hall–Kier alpha value is -2.89. The normalized spacial score (nSPS) is 11.2. The van der Waals surface area contributed by atoms with E-state index in [9.17, 15) is 15.3 Å². The first kappa shape index (κ1) is 14.5. The van der Waals surface area contributed by atoms with Crippen LogP contribution in [-0.4, -0.2) is 23.0 Å². The van der Waals surface area contributed by atoms with Crippen LogP contribution in [0.3, 0.4) is 0 Å². The first-order chi connectivity index (χ1) is 10.2. The molecular formula is C15H14N2O4. The number of hydrogen-bond acceptors (Lipinski definition) is 5. The molecule has 0 atom stereocenters. The third-order valence-corrected chi connectivity index (χ3v) is 3.09. The minimum atomic E-state index is -0.446. The SMILES string of the molecule is COc1ccc(/C(Cc2ccccc2[N+](=O)[O-])=N\O)cc1. The molecule has 6 heteroatoms. The second kappa shape index (κ2) is 6.51. The van der Waals surface area contributed by atoms with Crippen molar-refractivity contribution in [2.75, 3.05) is 7.11 Å². The summed E-state index contributed by atoms with van der Waals surface area (Å²) in [5, 5.41) is 23.4. The van der Waals surface area contributed by atoms with Crippen LogP contribution in [0.5, 0.6) is 5.75 Å². The molecule has 0 amide bonds. The summed E-state index contributed by atoms with van der Waals surface area (Å²) in [5.41, 5.74) is 1.53. The van der Waals surface area contributed by atoms with Crippen molar-refractivity contribution in [2.45, 2.75) is 6.42 Å². The molecule has 108 valence electrons. The quantitative estimate of drug-likeness (QED) is 0.396. The van der Waals surface area contributed by atoms with Crippen molar-refractivity contribution in [3.05, 3.63) is 69.8 Å². The number of oxime groups is 1. The second-order valence-corrected chi connectivity index (χ2v) is 4.34. The van der Waals surface area contributed by atoms with Gasteiger partial charge in [0.15, 0.2) is 0 Å². The molecule has 0 spiro atoms. The lowest BCUT2D eigenvalue weighted by Gasteiger charge is -2.07. The molecule has 2 aromatic carbocycles. The molecule has 0 aliphatic heterocycles. The van der Waals surface area contributed by atoms with Gasteiger partial charge in [0.25, 0.3) is 5.69 Å². The summed E-state index contributed by atoms with van der Waals surface area (Å²) < 4.78 is 5.06. The van der Waals surface area contributed by atoms with Crippen LogP contribution in [0.4, 0.5) is 5.69 Å². The predicted molar refractivity (Wildman–Crippen MR) is 78.1 cm³/mol. The van der Waals surface area contributed by atoms with E-state index in [2.05, 4.69) is 5.16 Å². The summed E-state index contributed by atoms with van der Waals surface area (Å²) in [6.07, 6.45) is 0.167. The zero-order chi connectivity index (χ0) is 15.2. The van der Waals surface area contributed by atoms with Crippen LogP contribution < -0.4 is 4.74 Å². The fraction of sp³-hybridized carbons (Fsp3) is 0.133. The fourth-order valence-corrected chi connectivity index (χ4v) is 2.00. The highest BCUT2D eigenvalue weighted by atomic mass is 16.6. The number of rotatable bonds is 5. The van der Waals surface area contributed by atoms with Crippen molar-refractivity contribution >= 4 is 11.4 Å². The van der Waals surface area contributed by atoms with Gasteiger partial charge in [0.2, 0.25) is 0 Å². The third kappa shape index (κ3) is 3.36. The summed E-state index contributed by atoms with van der Waals surface area (Å²) in [5.74, 6) is 0.682. The number of para-hydroxylation sites is 1. The third-order valence-electron chi connectivity index (χ3n) is 3.09. The molecule has 21 heavy (non-hydrogen) atoms. The highest BCUT2D eigenvalue weighted by Crippen LogP contribution is 2.21. The molecule has 0 saturated heterocycles. The van der Waals surface area contributed by atoms with Crippen LogP contribution in [0.15, 0.2) is 53.7 Å². The molecule has 0 aromatic heterocycles. The molecule has 2 aromatic rings. The molecule has 0 heterocycles. The molecule has 6 nitrogen and oxygen atoms in total. The highest BCUT2D eigenvalue weighted by Gasteiger charge is 2.15. The van der Waals surface area contributed by atoms with Gasteiger partial charge in [-0.3, -0.25) is 10.1 Å². The molecule has 2 rings (SSSR count). The molecule has 1 N–H and O–H groups in total. The average molecular weight is 286 g/mol. The first-order valence-electron chi connectivity index (χ1n) is 6.23. The Bertz CT molecular complexity index is 666. The number of nitrogens with zero attached hydrogens (tertiary/aromatic N) is 2. The van der Waals surface area contributed by atoms with Gasteiger partial charge < -0.3 is 9.94 Å².